The summed E-state index contributed by atoms with van der Waals surface area (Å²) in [4.78, 5) is 32.4. The van der Waals surface area contributed by atoms with Crippen LogP contribution in [-0.4, -0.2) is 32.2 Å². The molecule has 4 aromatic rings. The van der Waals surface area contributed by atoms with E-state index in [9.17, 15) is 9.59 Å². The number of aryl methyl sites for hydroxylation is 2. The van der Waals surface area contributed by atoms with Gasteiger partial charge in [0.2, 0.25) is 5.91 Å². The Morgan fingerprint density at radius 2 is 2.22 bits per heavy atom. The number of benzene rings is 1. The summed E-state index contributed by atoms with van der Waals surface area (Å²) in [7, 11) is 1.50. The van der Waals surface area contributed by atoms with Crippen LogP contribution >= 0.6 is 22.9 Å². The van der Waals surface area contributed by atoms with E-state index < -0.39 is 5.69 Å². The van der Waals surface area contributed by atoms with Gasteiger partial charge >= 0.3 is 5.69 Å². The first-order chi connectivity index (χ1) is 15.4. The Labute approximate surface area is 192 Å². The van der Waals surface area contributed by atoms with Crippen molar-refractivity contribution in [2.24, 2.45) is 5.92 Å². The smallest absolute Gasteiger partial charge is 0.352 e. The van der Waals surface area contributed by atoms with E-state index >= 15 is 0 Å². The van der Waals surface area contributed by atoms with E-state index in [1.807, 2.05) is 6.92 Å². The number of carbonyl (C=O) groups excluding carboxylic acids is 1. The highest BCUT2D eigenvalue weighted by Crippen LogP contribution is 2.38. The summed E-state index contributed by atoms with van der Waals surface area (Å²) in [5.41, 5.74) is 2.69. The van der Waals surface area contributed by atoms with Gasteiger partial charge in [0.25, 0.3) is 0 Å². The molecule has 8 nitrogen and oxygen atoms in total. The number of nitrogens with zero attached hydrogens (tertiary/aromatic N) is 4. The van der Waals surface area contributed by atoms with E-state index in [4.69, 9.17) is 16.3 Å². The van der Waals surface area contributed by atoms with E-state index in [0.717, 1.165) is 35.0 Å². The summed E-state index contributed by atoms with van der Waals surface area (Å²) in [5.74, 6) is 0.700. The number of amides is 1. The van der Waals surface area contributed by atoms with Crippen LogP contribution in [-0.2, 0) is 24.2 Å². The van der Waals surface area contributed by atoms with Crippen LogP contribution in [0.2, 0.25) is 5.02 Å². The summed E-state index contributed by atoms with van der Waals surface area (Å²) in [5, 5.41) is 8.79. The first kappa shape index (κ1) is 21.0. The van der Waals surface area contributed by atoms with Gasteiger partial charge in [0.15, 0.2) is 5.65 Å². The van der Waals surface area contributed by atoms with Crippen molar-refractivity contribution in [3.63, 3.8) is 0 Å². The summed E-state index contributed by atoms with van der Waals surface area (Å²) < 4.78 is 7.91. The van der Waals surface area contributed by atoms with Gasteiger partial charge in [-0.3, -0.25) is 4.79 Å². The maximum atomic E-state index is 12.9. The molecule has 1 aromatic carbocycles. The van der Waals surface area contributed by atoms with Crippen molar-refractivity contribution < 1.29 is 9.53 Å². The first-order valence-electron chi connectivity index (χ1n) is 10.4. The summed E-state index contributed by atoms with van der Waals surface area (Å²) >= 11 is 7.81. The number of ether oxygens (including phenoxy) is 1. The van der Waals surface area contributed by atoms with Gasteiger partial charge in [0.05, 0.1) is 18.2 Å². The minimum atomic E-state index is -0.395. The van der Waals surface area contributed by atoms with Crippen molar-refractivity contribution in [3.8, 4) is 5.75 Å². The molecule has 1 aliphatic carbocycles. The number of aromatic nitrogens is 4. The van der Waals surface area contributed by atoms with Crippen molar-refractivity contribution in [3.05, 3.63) is 50.0 Å². The van der Waals surface area contributed by atoms with Crippen LogP contribution < -0.4 is 15.7 Å². The van der Waals surface area contributed by atoms with Crippen molar-refractivity contribution in [2.45, 2.75) is 39.7 Å². The zero-order chi connectivity index (χ0) is 22.6. The minimum Gasteiger partial charge on any atom is -0.495 e. The standard InChI is InChI=1S/C22H22ClN5O3S/c1-11-4-5-13-17(6-11)32-21-19(13)20-26-28(22(30)27(20)10-24-21)9-18(29)25-15-7-12(2)14(23)8-16(15)31-3/h7-8,10-11H,4-6,9H2,1-3H3,(H,25,29). The first-order valence-corrected chi connectivity index (χ1v) is 11.6. The van der Waals surface area contributed by atoms with E-state index in [0.29, 0.717) is 28.0 Å². The molecule has 1 unspecified atom stereocenters. The van der Waals surface area contributed by atoms with Crippen LogP contribution in [0.4, 0.5) is 5.69 Å². The normalized spacial score (nSPS) is 15.8. The lowest BCUT2D eigenvalue weighted by Crippen LogP contribution is -2.28. The molecule has 1 N–H and O–H groups in total. The summed E-state index contributed by atoms with van der Waals surface area (Å²) in [6.07, 6.45) is 4.58. The average molecular weight is 472 g/mol. The maximum absolute atomic E-state index is 12.9. The molecule has 1 aliphatic rings. The number of nitrogens with one attached hydrogen (secondary N) is 1. The highest BCUT2D eigenvalue weighted by Gasteiger charge is 2.24. The zero-order valence-electron chi connectivity index (χ0n) is 17.9. The number of carbonyl (C=O) groups is 1. The molecule has 0 spiro atoms. The highest BCUT2D eigenvalue weighted by molar-refractivity contribution is 7.19. The lowest BCUT2D eigenvalue weighted by atomic mass is 9.89. The van der Waals surface area contributed by atoms with Crippen LogP contribution in [0.25, 0.3) is 15.9 Å². The van der Waals surface area contributed by atoms with Gasteiger partial charge in [-0.2, -0.15) is 0 Å². The lowest BCUT2D eigenvalue weighted by Gasteiger charge is -2.17. The van der Waals surface area contributed by atoms with Crippen LogP contribution in [0.5, 0.6) is 5.75 Å². The fourth-order valence-corrected chi connectivity index (χ4v) is 5.72. The van der Waals surface area contributed by atoms with Gasteiger partial charge in [0.1, 0.15) is 23.5 Å². The Morgan fingerprint density at radius 1 is 1.41 bits per heavy atom. The van der Waals surface area contributed by atoms with Gasteiger partial charge in [-0.15, -0.1) is 16.4 Å². The number of anilines is 1. The molecule has 0 bridgehead atoms. The number of methoxy groups -OCH3 is 1. The van der Waals surface area contributed by atoms with E-state index in [1.165, 1.54) is 33.0 Å². The quantitative estimate of drug-likeness (QED) is 0.488. The van der Waals surface area contributed by atoms with E-state index in [-0.39, 0.29) is 12.5 Å². The molecule has 0 radical (unpaired) electrons. The Hall–Kier alpha value is -2.91. The molecule has 0 aliphatic heterocycles. The average Bonchev–Trinajstić information content (AvgIpc) is 3.27. The Morgan fingerprint density at radius 3 is 3.00 bits per heavy atom. The molecule has 5 rings (SSSR count). The number of thiophene rings is 1. The van der Waals surface area contributed by atoms with Gasteiger partial charge in [0, 0.05) is 16.0 Å². The topological polar surface area (TPSA) is 90.5 Å². The molecule has 3 aromatic heterocycles. The van der Waals surface area contributed by atoms with Gasteiger partial charge in [-0.05, 0) is 49.3 Å². The summed E-state index contributed by atoms with van der Waals surface area (Å²) in [6, 6.07) is 3.38. The lowest BCUT2D eigenvalue weighted by molar-refractivity contribution is -0.117. The maximum Gasteiger partial charge on any atom is 0.352 e. The van der Waals surface area contributed by atoms with Crippen molar-refractivity contribution >= 4 is 50.4 Å². The second-order valence-electron chi connectivity index (χ2n) is 8.26. The van der Waals surface area contributed by atoms with Crippen molar-refractivity contribution in [1.29, 1.82) is 0 Å². The molecular weight excluding hydrogens is 450 g/mol. The van der Waals surface area contributed by atoms with E-state index in [2.05, 4.69) is 22.3 Å². The molecule has 0 saturated heterocycles. The number of hydrogen-bond donors (Lipinski definition) is 1. The fraction of sp³-hybridized carbons (Fsp3) is 0.364. The Kier molecular flexibility index (Phi) is 5.17. The monoisotopic (exact) mass is 471 g/mol. The third kappa shape index (κ3) is 3.45. The Bertz CT molecular complexity index is 1440. The summed E-state index contributed by atoms with van der Waals surface area (Å²) in [6.45, 7) is 3.87. The third-order valence-electron chi connectivity index (χ3n) is 5.93. The number of hydrogen-bond acceptors (Lipinski definition) is 6. The molecule has 0 saturated carbocycles. The molecule has 0 fully saturated rings. The molecule has 10 heteroatoms. The van der Waals surface area contributed by atoms with E-state index in [1.54, 1.807) is 23.5 Å². The molecular formula is C22H22ClN5O3S. The molecule has 166 valence electrons. The SMILES string of the molecule is COc1cc(Cl)c(C)cc1NC(=O)Cn1nc2c3c4c(sc3ncn2c1=O)CC(C)CC4. The predicted octanol–water partition coefficient (Wildman–Crippen LogP) is 3.84. The zero-order valence-corrected chi connectivity index (χ0v) is 19.5. The van der Waals surface area contributed by atoms with Crippen molar-refractivity contribution in [2.75, 3.05) is 12.4 Å². The van der Waals surface area contributed by atoms with Crippen LogP contribution in [0.15, 0.2) is 23.3 Å². The predicted molar refractivity (Wildman–Crippen MR) is 125 cm³/mol. The van der Waals surface area contributed by atoms with Crippen LogP contribution in [0.1, 0.15) is 29.3 Å². The number of fused-ring (bicyclic) bond motifs is 5. The molecule has 3 heterocycles. The number of halogens is 1. The van der Waals surface area contributed by atoms with Gasteiger partial charge < -0.3 is 10.1 Å². The van der Waals surface area contributed by atoms with Gasteiger partial charge in [-0.25, -0.2) is 18.9 Å². The second kappa shape index (κ2) is 7.90. The molecule has 32 heavy (non-hydrogen) atoms. The minimum absolute atomic E-state index is 0.226. The number of rotatable bonds is 4. The highest BCUT2D eigenvalue weighted by atomic mass is 35.5. The van der Waals surface area contributed by atoms with Gasteiger partial charge in [-0.1, -0.05) is 18.5 Å². The van der Waals surface area contributed by atoms with Crippen LogP contribution in [0.3, 0.4) is 0 Å². The Balaban J connectivity index is 1.49. The van der Waals surface area contributed by atoms with Crippen LogP contribution in [0, 0.1) is 12.8 Å². The second-order valence-corrected chi connectivity index (χ2v) is 9.75. The molecule has 1 amide bonds. The fourth-order valence-electron chi connectivity index (χ4n) is 4.22. The molecule has 1 atom stereocenters. The third-order valence-corrected chi connectivity index (χ3v) is 7.50. The van der Waals surface area contributed by atoms with Crippen molar-refractivity contribution in [1.82, 2.24) is 19.2 Å². The largest absolute Gasteiger partial charge is 0.495 e.